The van der Waals surface area contributed by atoms with E-state index in [0.717, 1.165) is 0 Å². The van der Waals surface area contributed by atoms with Gasteiger partial charge in [-0.2, -0.15) is 0 Å². The maximum Gasteiger partial charge on any atom is 0.104 e. The number of rotatable bonds is 8. The Labute approximate surface area is 134 Å². The molecular weight excluding hydrogens is 290 g/mol. The predicted octanol–water partition coefficient (Wildman–Crippen LogP) is -2.13. The summed E-state index contributed by atoms with van der Waals surface area (Å²) >= 11 is 0. The lowest BCUT2D eigenvalue weighted by Crippen LogP contribution is -2.35. The van der Waals surface area contributed by atoms with E-state index in [0.29, 0.717) is 19.6 Å². The van der Waals surface area contributed by atoms with E-state index < -0.39 is 5.54 Å². The van der Waals surface area contributed by atoms with Gasteiger partial charge in [0.1, 0.15) is 6.23 Å². The summed E-state index contributed by atoms with van der Waals surface area (Å²) in [5.41, 5.74) is 4.88. The molecule has 8 nitrogen and oxygen atoms in total. The van der Waals surface area contributed by atoms with Crippen molar-refractivity contribution >= 4 is 0 Å². The molecule has 0 saturated carbocycles. The van der Waals surface area contributed by atoms with Crippen LogP contribution in [0.5, 0.6) is 0 Å². The molecule has 0 aromatic carbocycles. The Morgan fingerprint density at radius 3 is 1.23 bits per heavy atom. The SMILES string of the molecule is CC(C)(N)CO.CC(O)N(C)C.OCCN(CCO)CCO. The van der Waals surface area contributed by atoms with Gasteiger partial charge in [0.15, 0.2) is 0 Å². The van der Waals surface area contributed by atoms with Crippen LogP contribution in [0.3, 0.4) is 0 Å². The summed E-state index contributed by atoms with van der Waals surface area (Å²) in [5.74, 6) is 0. The topological polar surface area (TPSA) is 134 Å². The maximum atomic E-state index is 8.56. The van der Waals surface area contributed by atoms with Gasteiger partial charge in [-0.25, -0.2) is 0 Å². The highest BCUT2D eigenvalue weighted by atomic mass is 16.3. The monoisotopic (exact) mass is 327 g/mol. The molecule has 0 aliphatic rings. The van der Waals surface area contributed by atoms with Gasteiger partial charge in [-0.3, -0.25) is 9.80 Å². The molecule has 0 spiro atoms. The van der Waals surface area contributed by atoms with E-state index in [1.807, 2.05) is 14.1 Å². The highest BCUT2D eigenvalue weighted by molar-refractivity contribution is 4.67. The first-order valence-corrected chi connectivity index (χ1v) is 7.34. The zero-order valence-electron chi connectivity index (χ0n) is 14.7. The highest BCUT2D eigenvalue weighted by Crippen LogP contribution is 1.90. The number of hydrogen-bond donors (Lipinski definition) is 6. The molecule has 0 aliphatic heterocycles. The lowest BCUT2D eigenvalue weighted by atomic mass is 10.1. The average Bonchev–Trinajstić information content (AvgIpc) is 2.40. The fourth-order valence-corrected chi connectivity index (χ4v) is 0.760. The minimum Gasteiger partial charge on any atom is -0.395 e. The van der Waals surface area contributed by atoms with Crippen molar-refractivity contribution < 1.29 is 25.5 Å². The van der Waals surface area contributed by atoms with Crippen LogP contribution in [0.4, 0.5) is 0 Å². The molecule has 1 unspecified atom stereocenters. The van der Waals surface area contributed by atoms with Gasteiger partial charge in [-0.1, -0.05) is 0 Å². The van der Waals surface area contributed by atoms with Crippen LogP contribution in [0.25, 0.3) is 0 Å². The molecule has 0 radical (unpaired) electrons. The van der Waals surface area contributed by atoms with E-state index in [2.05, 4.69) is 0 Å². The van der Waals surface area contributed by atoms with Crippen molar-refractivity contribution in [2.24, 2.45) is 5.73 Å². The quantitative estimate of drug-likeness (QED) is 0.278. The molecule has 8 heteroatoms. The summed E-state index contributed by atoms with van der Waals surface area (Å²) in [6.45, 7) is 7.07. The zero-order chi connectivity index (χ0) is 18.2. The summed E-state index contributed by atoms with van der Waals surface area (Å²) in [5, 5.41) is 42.3. The van der Waals surface area contributed by atoms with E-state index >= 15 is 0 Å². The normalized spacial score (nSPS) is 12.4. The molecule has 7 N–H and O–H groups in total. The van der Waals surface area contributed by atoms with Gasteiger partial charge in [0.25, 0.3) is 0 Å². The first-order valence-electron chi connectivity index (χ1n) is 7.34. The summed E-state index contributed by atoms with van der Waals surface area (Å²) in [6, 6.07) is 0. The van der Waals surface area contributed by atoms with E-state index in [4.69, 9.17) is 31.3 Å². The second-order valence-electron chi connectivity index (χ2n) is 5.75. The molecule has 0 aromatic heterocycles. The summed E-state index contributed by atoms with van der Waals surface area (Å²) in [7, 11) is 3.65. The van der Waals surface area contributed by atoms with Crippen molar-refractivity contribution in [2.45, 2.75) is 32.5 Å². The number of hydrogen-bond acceptors (Lipinski definition) is 8. The van der Waals surface area contributed by atoms with Gasteiger partial charge in [0.2, 0.25) is 0 Å². The number of nitrogens with zero attached hydrogens (tertiary/aromatic N) is 2. The van der Waals surface area contributed by atoms with Gasteiger partial charge in [-0.15, -0.1) is 0 Å². The molecule has 0 heterocycles. The average molecular weight is 327 g/mol. The van der Waals surface area contributed by atoms with Crippen LogP contribution in [0.1, 0.15) is 20.8 Å². The smallest absolute Gasteiger partial charge is 0.104 e. The van der Waals surface area contributed by atoms with Gasteiger partial charge in [-0.05, 0) is 34.9 Å². The molecule has 0 amide bonds. The highest BCUT2D eigenvalue weighted by Gasteiger charge is 2.05. The molecule has 0 bridgehead atoms. The van der Waals surface area contributed by atoms with Crippen molar-refractivity contribution in [2.75, 3.05) is 60.2 Å². The van der Waals surface area contributed by atoms with Gasteiger partial charge < -0.3 is 31.3 Å². The molecular formula is C14H37N3O5. The van der Waals surface area contributed by atoms with Crippen molar-refractivity contribution in [1.82, 2.24) is 9.80 Å². The fourth-order valence-electron chi connectivity index (χ4n) is 0.760. The van der Waals surface area contributed by atoms with Gasteiger partial charge in [0, 0.05) is 25.2 Å². The van der Waals surface area contributed by atoms with Gasteiger partial charge in [0.05, 0.1) is 26.4 Å². The molecule has 0 fully saturated rings. The van der Waals surface area contributed by atoms with Gasteiger partial charge >= 0.3 is 0 Å². The zero-order valence-corrected chi connectivity index (χ0v) is 14.7. The molecule has 0 rings (SSSR count). The Hall–Kier alpha value is -0.320. The van der Waals surface area contributed by atoms with E-state index in [-0.39, 0.29) is 32.7 Å². The second kappa shape index (κ2) is 17.0. The van der Waals surface area contributed by atoms with E-state index in [1.54, 1.807) is 30.6 Å². The minimum absolute atomic E-state index is 0.0486. The third-order valence-electron chi connectivity index (χ3n) is 2.40. The fraction of sp³-hybridized carbons (Fsp3) is 1.00. The third-order valence-corrected chi connectivity index (χ3v) is 2.40. The Kier molecular flexibility index (Phi) is 20.6. The molecule has 0 aliphatic carbocycles. The minimum atomic E-state index is -0.403. The molecule has 0 aromatic rings. The number of nitrogens with two attached hydrogens (primary N) is 1. The van der Waals surface area contributed by atoms with Crippen LogP contribution >= 0.6 is 0 Å². The maximum absolute atomic E-state index is 8.56. The summed E-state index contributed by atoms with van der Waals surface area (Å²) in [4.78, 5) is 3.51. The Balaban J connectivity index is -0.000000261. The van der Waals surface area contributed by atoms with Crippen molar-refractivity contribution in [3.05, 3.63) is 0 Å². The molecule has 1 atom stereocenters. The van der Waals surface area contributed by atoms with Crippen molar-refractivity contribution in [3.63, 3.8) is 0 Å². The van der Waals surface area contributed by atoms with E-state index in [1.165, 1.54) is 0 Å². The Morgan fingerprint density at radius 2 is 1.14 bits per heavy atom. The molecule has 138 valence electrons. The molecule has 22 heavy (non-hydrogen) atoms. The van der Waals surface area contributed by atoms with Crippen LogP contribution in [0.2, 0.25) is 0 Å². The van der Waals surface area contributed by atoms with Crippen molar-refractivity contribution in [3.8, 4) is 0 Å². The molecule has 0 saturated heterocycles. The first kappa shape index (κ1) is 26.6. The predicted molar refractivity (Wildman–Crippen MR) is 88.4 cm³/mol. The number of aliphatic hydroxyl groups is 5. The van der Waals surface area contributed by atoms with Crippen LogP contribution in [-0.2, 0) is 0 Å². The Bertz CT molecular complexity index is 191. The van der Waals surface area contributed by atoms with Crippen molar-refractivity contribution in [1.29, 1.82) is 0 Å². The van der Waals surface area contributed by atoms with Crippen LogP contribution in [0.15, 0.2) is 0 Å². The van der Waals surface area contributed by atoms with Crippen LogP contribution in [0, 0.1) is 0 Å². The van der Waals surface area contributed by atoms with E-state index in [9.17, 15) is 0 Å². The first-order chi connectivity index (χ1) is 10.0. The third kappa shape index (κ3) is 27.9. The largest absolute Gasteiger partial charge is 0.395 e. The van der Waals surface area contributed by atoms with Crippen LogP contribution in [-0.4, -0.2) is 107 Å². The summed E-state index contributed by atoms with van der Waals surface area (Å²) in [6.07, 6.45) is -0.315. The summed E-state index contributed by atoms with van der Waals surface area (Å²) < 4.78 is 0. The Morgan fingerprint density at radius 1 is 0.909 bits per heavy atom. The standard InChI is InChI=1S/C6H15NO3.2C4H11NO/c8-4-1-7(2-5-9)3-6-10;1-4(6)5(2)3;1-4(2,5)3-6/h8-10H,1-6H2;4,6H,1-3H3;6H,3,5H2,1-2H3. The second-order valence-corrected chi connectivity index (χ2v) is 5.75. The number of aliphatic hydroxyl groups excluding tert-OH is 5. The lowest BCUT2D eigenvalue weighted by Gasteiger charge is -2.17. The van der Waals surface area contributed by atoms with Crippen LogP contribution < -0.4 is 5.73 Å². The lowest BCUT2D eigenvalue weighted by molar-refractivity contribution is 0.0578.